The third-order valence-corrected chi connectivity index (χ3v) is 1.63. The zero-order valence-corrected chi connectivity index (χ0v) is 6.87. The van der Waals surface area contributed by atoms with Crippen molar-refractivity contribution in [2.75, 3.05) is 0 Å². The number of pyridine rings is 1. The van der Waals surface area contributed by atoms with Gasteiger partial charge >= 0.3 is 0 Å². The van der Waals surface area contributed by atoms with Crippen LogP contribution in [-0.4, -0.2) is 4.98 Å². The molecule has 0 atom stereocenters. The molecule has 0 unspecified atom stereocenters. The number of nitriles is 1. The summed E-state index contributed by atoms with van der Waals surface area (Å²) in [4.78, 5) is 3.60. The molecule has 0 amide bonds. The summed E-state index contributed by atoms with van der Waals surface area (Å²) in [6.45, 7) is 0. The maximum atomic E-state index is 13.2. The molecule has 1 heterocycles. The zero-order chi connectivity index (χ0) is 9.73. The number of aromatic nitrogens is 1. The summed E-state index contributed by atoms with van der Waals surface area (Å²) in [5.74, 6) is -2.94. The Balaban J connectivity index is 2.76. The van der Waals surface area contributed by atoms with Crippen LogP contribution in [0.3, 0.4) is 0 Å². The van der Waals surface area contributed by atoms with Crippen molar-refractivity contribution in [2.24, 2.45) is 0 Å². The van der Waals surface area contributed by atoms with Gasteiger partial charge in [0, 0.05) is 30.8 Å². The predicted molar refractivity (Wildman–Crippen MR) is 43.0 cm³/mol. The fourth-order valence-corrected chi connectivity index (χ4v) is 0.936. The van der Waals surface area contributed by atoms with Crippen molar-refractivity contribution < 1.29 is 8.78 Å². The van der Waals surface area contributed by atoms with Gasteiger partial charge in [-0.3, -0.25) is 4.98 Å². The molecule has 0 aliphatic carbocycles. The van der Waals surface area contributed by atoms with Crippen LogP contribution in [0.4, 0.5) is 8.78 Å². The molecule has 0 bridgehead atoms. The molecule has 0 saturated carbocycles. The second kappa shape index (κ2) is 3.94. The fourth-order valence-electron chi connectivity index (χ4n) is 0.936. The molecule has 0 radical (unpaired) electrons. The van der Waals surface area contributed by atoms with Gasteiger partial charge in [-0.1, -0.05) is 0 Å². The molecule has 1 aromatic heterocycles. The molecule has 2 nitrogen and oxygen atoms in total. The van der Waals surface area contributed by atoms with E-state index in [2.05, 4.69) is 4.98 Å². The average Bonchev–Trinajstić information content (AvgIpc) is 2.16. The van der Waals surface area contributed by atoms with Gasteiger partial charge in [0.25, 0.3) is 5.92 Å². The first-order valence-corrected chi connectivity index (χ1v) is 3.82. The molecule has 4 heteroatoms. The van der Waals surface area contributed by atoms with E-state index < -0.39 is 12.3 Å². The molecule has 0 fully saturated rings. The smallest absolute Gasteiger partial charge is 0.264 e. The van der Waals surface area contributed by atoms with Gasteiger partial charge in [-0.25, -0.2) is 8.78 Å². The van der Waals surface area contributed by atoms with E-state index in [-0.39, 0.29) is 12.0 Å². The van der Waals surface area contributed by atoms with E-state index in [4.69, 9.17) is 5.26 Å². The molecule has 0 aliphatic rings. The molecule has 0 aromatic carbocycles. The van der Waals surface area contributed by atoms with Crippen LogP contribution in [0.25, 0.3) is 0 Å². The number of halogens is 2. The average molecular weight is 182 g/mol. The van der Waals surface area contributed by atoms with Gasteiger partial charge < -0.3 is 0 Å². The van der Waals surface area contributed by atoms with Crippen LogP contribution in [0, 0.1) is 11.3 Å². The largest absolute Gasteiger partial charge is 0.275 e. The molecule has 0 saturated heterocycles. The van der Waals surface area contributed by atoms with E-state index in [9.17, 15) is 8.78 Å². The van der Waals surface area contributed by atoms with Crippen molar-refractivity contribution in [2.45, 2.75) is 18.8 Å². The Morgan fingerprint density at radius 1 is 1.54 bits per heavy atom. The number of rotatable bonds is 3. The van der Waals surface area contributed by atoms with E-state index in [0.717, 1.165) is 6.20 Å². The van der Waals surface area contributed by atoms with Crippen LogP contribution in [0.1, 0.15) is 18.4 Å². The van der Waals surface area contributed by atoms with Crippen LogP contribution in [-0.2, 0) is 5.92 Å². The summed E-state index contributed by atoms with van der Waals surface area (Å²) in [6, 6.07) is 4.46. The van der Waals surface area contributed by atoms with Gasteiger partial charge in [-0.15, -0.1) is 0 Å². The third-order valence-electron chi connectivity index (χ3n) is 1.63. The van der Waals surface area contributed by atoms with Crippen molar-refractivity contribution in [3.63, 3.8) is 0 Å². The second-order valence-corrected chi connectivity index (χ2v) is 2.60. The minimum Gasteiger partial charge on any atom is -0.264 e. The Labute approximate surface area is 74.8 Å². The van der Waals surface area contributed by atoms with Gasteiger partial charge in [0.05, 0.1) is 6.07 Å². The summed E-state index contributed by atoms with van der Waals surface area (Å²) in [6.07, 6.45) is 1.96. The van der Waals surface area contributed by atoms with Gasteiger partial charge in [0.1, 0.15) is 0 Å². The monoisotopic (exact) mass is 182 g/mol. The van der Waals surface area contributed by atoms with Crippen LogP contribution in [0.5, 0.6) is 0 Å². The van der Waals surface area contributed by atoms with E-state index in [1.807, 2.05) is 0 Å². The van der Waals surface area contributed by atoms with Crippen LogP contribution in [0.2, 0.25) is 0 Å². The number of nitrogens with zero attached hydrogens (tertiary/aromatic N) is 2. The highest BCUT2D eigenvalue weighted by atomic mass is 19.3. The minimum atomic E-state index is -2.94. The highest BCUT2D eigenvalue weighted by Crippen LogP contribution is 2.31. The summed E-state index contributed by atoms with van der Waals surface area (Å²) in [5.41, 5.74) is -0.134. The quantitative estimate of drug-likeness (QED) is 0.720. The Morgan fingerprint density at radius 2 is 2.31 bits per heavy atom. The van der Waals surface area contributed by atoms with Gasteiger partial charge in [-0.05, 0) is 12.1 Å². The van der Waals surface area contributed by atoms with Gasteiger partial charge in [0.15, 0.2) is 0 Å². The number of alkyl halides is 2. The minimum absolute atomic E-state index is 0.134. The highest BCUT2D eigenvalue weighted by molar-refractivity contribution is 5.15. The Bertz CT molecular complexity index is 303. The zero-order valence-electron chi connectivity index (χ0n) is 6.87. The molecule has 68 valence electrons. The maximum absolute atomic E-state index is 13.2. The lowest BCUT2D eigenvalue weighted by Gasteiger charge is -2.13. The second-order valence-electron chi connectivity index (χ2n) is 2.60. The van der Waals surface area contributed by atoms with Gasteiger partial charge in [-0.2, -0.15) is 5.26 Å². The molecule has 0 spiro atoms. The lowest BCUT2D eigenvalue weighted by atomic mass is 10.1. The van der Waals surface area contributed by atoms with Gasteiger partial charge in [0.2, 0.25) is 0 Å². The van der Waals surface area contributed by atoms with Crippen LogP contribution < -0.4 is 0 Å². The topological polar surface area (TPSA) is 36.7 Å². The van der Waals surface area contributed by atoms with E-state index in [0.29, 0.717) is 0 Å². The maximum Gasteiger partial charge on any atom is 0.275 e. The van der Waals surface area contributed by atoms with E-state index in [1.54, 1.807) is 6.07 Å². The van der Waals surface area contributed by atoms with Crippen LogP contribution in [0.15, 0.2) is 24.5 Å². The number of hydrogen-bond acceptors (Lipinski definition) is 2. The summed E-state index contributed by atoms with van der Waals surface area (Å²) >= 11 is 0. The summed E-state index contributed by atoms with van der Waals surface area (Å²) in [7, 11) is 0. The molecule has 13 heavy (non-hydrogen) atoms. The predicted octanol–water partition coefficient (Wildman–Crippen LogP) is 2.48. The normalized spacial score (nSPS) is 10.8. The first kappa shape index (κ1) is 9.59. The van der Waals surface area contributed by atoms with E-state index in [1.165, 1.54) is 18.3 Å². The van der Waals surface area contributed by atoms with Crippen molar-refractivity contribution in [1.82, 2.24) is 4.98 Å². The molecule has 0 aliphatic heterocycles. The third kappa shape index (κ3) is 2.48. The van der Waals surface area contributed by atoms with Crippen molar-refractivity contribution in [1.29, 1.82) is 5.26 Å². The Kier molecular flexibility index (Phi) is 2.91. The lowest BCUT2D eigenvalue weighted by Crippen LogP contribution is -2.12. The SMILES string of the molecule is N#CCCC(F)(F)c1cccnc1. The first-order valence-electron chi connectivity index (χ1n) is 3.82. The standard InChI is InChI=1S/C9H8F2N2/c10-9(11,4-2-5-12)8-3-1-6-13-7-8/h1,3,6-7H,2,4H2. The van der Waals surface area contributed by atoms with E-state index >= 15 is 0 Å². The molecular weight excluding hydrogens is 174 g/mol. The Morgan fingerprint density at radius 3 is 2.85 bits per heavy atom. The van der Waals surface area contributed by atoms with Crippen LogP contribution >= 0.6 is 0 Å². The summed E-state index contributed by atoms with van der Waals surface area (Å²) in [5, 5.41) is 8.18. The first-order chi connectivity index (χ1) is 6.17. The molecule has 0 N–H and O–H groups in total. The number of hydrogen-bond donors (Lipinski definition) is 0. The van der Waals surface area contributed by atoms with Crippen molar-refractivity contribution in [3.8, 4) is 6.07 Å². The molecule has 1 aromatic rings. The van der Waals surface area contributed by atoms with Crippen molar-refractivity contribution in [3.05, 3.63) is 30.1 Å². The Hall–Kier alpha value is -1.50. The molecular formula is C9H8F2N2. The van der Waals surface area contributed by atoms with Crippen molar-refractivity contribution >= 4 is 0 Å². The fraction of sp³-hybridized carbons (Fsp3) is 0.333. The lowest BCUT2D eigenvalue weighted by molar-refractivity contribution is -0.0122. The molecule has 1 rings (SSSR count). The highest BCUT2D eigenvalue weighted by Gasteiger charge is 2.30. The summed E-state index contributed by atoms with van der Waals surface area (Å²) < 4.78 is 26.3.